The maximum absolute atomic E-state index is 9.34. The van der Waals surface area contributed by atoms with Gasteiger partial charge < -0.3 is 5.11 Å². The summed E-state index contributed by atoms with van der Waals surface area (Å²) in [7, 11) is 0. The fourth-order valence-electron chi connectivity index (χ4n) is 1.51. The SMILES string of the molecule is Cc1ccc(-c2cncc(O)c2)cc1C. The second-order valence-corrected chi connectivity index (χ2v) is 3.73. The van der Waals surface area contributed by atoms with Gasteiger partial charge in [-0.25, -0.2) is 0 Å². The molecule has 0 radical (unpaired) electrons. The maximum atomic E-state index is 9.34. The van der Waals surface area contributed by atoms with Gasteiger partial charge in [0.2, 0.25) is 0 Å². The van der Waals surface area contributed by atoms with Gasteiger partial charge in [-0.15, -0.1) is 0 Å². The van der Waals surface area contributed by atoms with Crippen molar-refractivity contribution in [2.24, 2.45) is 0 Å². The molecule has 0 aliphatic carbocycles. The molecule has 0 amide bonds. The summed E-state index contributed by atoms with van der Waals surface area (Å²) < 4.78 is 0. The average Bonchev–Trinajstić information content (AvgIpc) is 2.22. The summed E-state index contributed by atoms with van der Waals surface area (Å²) in [6, 6.07) is 7.94. The molecule has 1 N–H and O–H groups in total. The predicted molar refractivity (Wildman–Crippen MR) is 60.8 cm³/mol. The molecule has 1 aromatic carbocycles. The second-order valence-electron chi connectivity index (χ2n) is 3.73. The Hall–Kier alpha value is -1.83. The van der Waals surface area contributed by atoms with E-state index >= 15 is 0 Å². The van der Waals surface area contributed by atoms with Crippen LogP contribution in [0, 0.1) is 13.8 Å². The first-order valence-electron chi connectivity index (χ1n) is 4.88. The fourth-order valence-corrected chi connectivity index (χ4v) is 1.51. The normalized spacial score (nSPS) is 10.3. The van der Waals surface area contributed by atoms with Crippen LogP contribution in [-0.2, 0) is 0 Å². The van der Waals surface area contributed by atoms with Crippen molar-refractivity contribution in [2.45, 2.75) is 13.8 Å². The lowest BCUT2D eigenvalue weighted by molar-refractivity contribution is 0.473. The van der Waals surface area contributed by atoms with Crippen molar-refractivity contribution >= 4 is 0 Å². The number of aromatic nitrogens is 1. The zero-order valence-electron chi connectivity index (χ0n) is 8.86. The molecule has 2 nitrogen and oxygen atoms in total. The zero-order chi connectivity index (χ0) is 10.8. The molecule has 76 valence electrons. The van der Waals surface area contributed by atoms with Crippen molar-refractivity contribution in [2.75, 3.05) is 0 Å². The van der Waals surface area contributed by atoms with E-state index in [-0.39, 0.29) is 5.75 Å². The lowest BCUT2D eigenvalue weighted by Gasteiger charge is -2.05. The van der Waals surface area contributed by atoms with E-state index in [0.717, 1.165) is 11.1 Å². The first-order valence-corrected chi connectivity index (χ1v) is 4.88. The Bertz CT molecular complexity index is 492. The van der Waals surface area contributed by atoms with Gasteiger partial charge >= 0.3 is 0 Å². The third-order valence-electron chi connectivity index (χ3n) is 2.56. The highest BCUT2D eigenvalue weighted by molar-refractivity contribution is 5.65. The molecule has 0 aliphatic heterocycles. The Balaban J connectivity index is 2.50. The van der Waals surface area contributed by atoms with Crippen molar-refractivity contribution in [3.63, 3.8) is 0 Å². The van der Waals surface area contributed by atoms with Crippen LogP contribution in [0.1, 0.15) is 11.1 Å². The Labute approximate surface area is 89.2 Å². The lowest BCUT2D eigenvalue weighted by Crippen LogP contribution is -1.84. The van der Waals surface area contributed by atoms with E-state index in [4.69, 9.17) is 0 Å². The van der Waals surface area contributed by atoms with E-state index in [9.17, 15) is 5.11 Å². The number of aryl methyl sites for hydroxylation is 2. The van der Waals surface area contributed by atoms with E-state index in [0.29, 0.717) is 0 Å². The maximum Gasteiger partial charge on any atom is 0.134 e. The zero-order valence-corrected chi connectivity index (χ0v) is 8.86. The van der Waals surface area contributed by atoms with Gasteiger partial charge in [0, 0.05) is 11.8 Å². The number of nitrogens with zero attached hydrogens (tertiary/aromatic N) is 1. The minimum Gasteiger partial charge on any atom is -0.506 e. The largest absolute Gasteiger partial charge is 0.506 e. The highest BCUT2D eigenvalue weighted by Gasteiger charge is 2.00. The smallest absolute Gasteiger partial charge is 0.134 e. The fraction of sp³-hybridized carbons (Fsp3) is 0.154. The molecule has 2 rings (SSSR count). The van der Waals surface area contributed by atoms with Gasteiger partial charge in [-0.1, -0.05) is 18.2 Å². The summed E-state index contributed by atoms with van der Waals surface area (Å²) in [4.78, 5) is 3.96. The van der Waals surface area contributed by atoms with Gasteiger partial charge in [-0.2, -0.15) is 0 Å². The Morgan fingerprint density at radius 2 is 1.73 bits per heavy atom. The van der Waals surface area contributed by atoms with E-state index in [1.165, 1.54) is 17.3 Å². The molecule has 0 aliphatic rings. The molecule has 0 unspecified atom stereocenters. The highest BCUT2D eigenvalue weighted by atomic mass is 16.3. The summed E-state index contributed by atoms with van der Waals surface area (Å²) in [5.41, 5.74) is 4.54. The van der Waals surface area contributed by atoms with E-state index in [1.807, 2.05) is 6.07 Å². The van der Waals surface area contributed by atoms with E-state index in [1.54, 1.807) is 12.3 Å². The van der Waals surface area contributed by atoms with Crippen molar-refractivity contribution < 1.29 is 5.11 Å². The Morgan fingerprint density at radius 3 is 2.40 bits per heavy atom. The van der Waals surface area contributed by atoms with Crippen LogP contribution in [0.4, 0.5) is 0 Å². The third kappa shape index (κ3) is 1.99. The number of hydrogen-bond donors (Lipinski definition) is 1. The molecule has 2 aromatic rings. The summed E-state index contributed by atoms with van der Waals surface area (Å²) in [5, 5.41) is 9.34. The lowest BCUT2D eigenvalue weighted by atomic mass is 10.0. The summed E-state index contributed by atoms with van der Waals surface area (Å²) >= 11 is 0. The molecule has 0 saturated carbocycles. The van der Waals surface area contributed by atoms with Crippen LogP contribution in [-0.4, -0.2) is 10.1 Å². The van der Waals surface area contributed by atoms with Crippen molar-refractivity contribution in [3.05, 3.63) is 47.8 Å². The predicted octanol–water partition coefficient (Wildman–Crippen LogP) is 3.07. The highest BCUT2D eigenvalue weighted by Crippen LogP contribution is 2.23. The van der Waals surface area contributed by atoms with Crippen LogP contribution in [0.15, 0.2) is 36.7 Å². The Kier molecular flexibility index (Phi) is 2.42. The summed E-state index contributed by atoms with van der Waals surface area (Å²) in [6.07, 6.45) is 3.19. The quantitative estimate of drug-likeness (QED) is 0.765. The topological polar surface area (TPSA) is 33.1 Å². The molecular formula is C13H13NO. The molecule has 2 heteroatoms. The number of aromatic hydroxyl groups is 1. The van der Waals surface area contributed by atoms with Crippen LogP contribution in [0.3, 0.4) is 0 Å². The van der Waals surface area contributed by atoms with Crippen molar-refractivity contribution in [1.82, 2.24) is 4.98 Å². The first kappa shape index (κ1) is 9.71. The van der Waals surface area contributed by atoms with Crippen LogP contribution in [0.5, 0.6) is 5.75 Å². The minimum atomic E-state index is 0.200. The molecule has 0 bridgehead atoms. The van der Waals surface area contributed by atoms with Crippen LogP contribution in [0.25, 0.3) is 11.1 Å². The molecule has 0 saturated heterocycles. The molecule has 1 aromatic heterocycles. The molecule has 15 heavy (non-hydrogen) atoms. The van der Waals surface area contributed by atoms with Crippen molar-refractivity contribution in [3.8, 4) is 16.9 Å². The number of hydrogen-bond acceptors (Lipinski definition) is 2. The van der Waals surface area contributed by atoms with Crippen molar-refractivity contribution in [1.29, 1.82) is 0 Å². The van der Waals surface area contributed by atoms with Crippen LogP contribution >= 0.6 is 0 Å². The van der Waals surface area contributed by atoms with Gasteiger partial charge in [-0.05, 0) is 36.6 Å². The third-order valence-corrected chi connectivity index (χ3v) is 2.56. The molecular weight excluding hydrogens is 186 g/mol. The first-order chi connectivity index (χ1) is 7.16. The van der Waals surface area contributed by atoms with Gasteiger partial charge in [0.25, 0.3) is 0 Å². The standard InChI is InChI=1S/C13H13NO/c1-9-3-4-11(5-10(9)2)12-6-13(15)8-14-7-12/h3-8,15H,1-2H3. The average molecular weight is 199 g/mol. The molecule has 0 fully saturated rings. The van der Waals surface area contributed by atoms with Gasteiger partial charge in [0.15, 0.2) is 0 Å². The second kappa shape index (κ2) is 3.73. The number of pyridine rings is 1. The Morgan fingerprint density at radius 1 is 0.933 bits per heavy atom. The molecule has 0 atom stereocenters. The number of benzene rings is 1. The van der Waals surface area contributed by atoms with Gasteiger partial charge in [-0.3, -0.25) is 4.98 Å². The number of rotatable bonds is 1. The van der Waals surface area contributed by atoms with Crippen LogP contribution < -0.4 is 0 Å². The molecule has 0 spiro atoms. The van der Waals surface area contributed by atoms with E-state index in [2.05, 4.69) is 31.0 Å². The van der Waals surface area contributed by atoms with Crippen LogP contribution in [0.2, 0.25) is 0 Å². The van der Waals surface area contributed by atoms with Gasteiger partial charge in [0.1, 0.15) is 5.75 Å². The van der Waals surface area contributed by atoms with Gasteiger partial charge in [0.05, 0.1) is 6.20 Å². The molecule has 1 heterocycles. The van der Waals surface area contributed by atoms with E-state index < -0.39 is 0 Å². The summed E-state index contributed by atoms with van der Waals surface area (Å²) in [6.45, 7) is 4.16. The minimum absolute atomic E-state index is 0.200. The summed E-state index contributed by atoms with van der Waals surface area (Å²) in [5.74, 6) is 0.200. The monoisotopic (exact) mass is 199 g/mol.